The number of amides is 3. The van der Waals surface area contributed by atoms with Gasteiger partial charge < -0.3 is 29.3 Å². The van der Waals surface area contributed by atoms with Gasteiger partial charge in [0.15, 0.2) is 0 Å². The number of hydrogen-bond donors (Lipinski definition) is 4. The molecule has 3 amide bonds. The van der Waals surface area contributed by atoms with Crippen molar-refractivity contribution in [2.24, 2.45) is 10.9 Å². The van der Waals surface area contributed by atoms with E-state index in [4.69, 9.17) is 9.63 Å². The van der Waals surface area contributed by atoms with Crippen molar-refractivity contribution in [1.29, 1.82) is 0 Å². The lowest BCUT2D eigenvalue weighted by molar-refractivity contribution is -0.202. The van der Waals surface area contributed by atoms with Crippen molar-refractivity contribution in [3.8, 4) is 0 Å². The number of rotatable bonds is 4. The molecule has 0 aromatic heterocycles. The molecule has 0 bridgehead atoms. The van der Waals surface area contributed by atoms with Gasteiger partial charge in [-0.25, -0.2) is 9.79 Å². The molecule has 20 heavy (non-hydrogen) atoms. The lowest BCUT2D eigenvalue weighted by Gasteiger charge is -2.23. The van der Waals surface area contributed by atoms with Crippen LogP contribution in [0, 0.1) is 5.92 Å². The summed E-state index contributed by atoms with van der Waals surface area (Å²) in [4.78, 5) is 44.8. The maximum absolute atomic E-state index is 11.6. The van der Waals surface area contributed by atoms with Crippen LogP contribution in [-0.4, -0.2) is 64.3 Å². The van der Waals surface area contributed by atoms with Crippen molar-refractivity contribution < 1.29 is 38.8 Å². The highest BCUT2D eigenvalue weighted by Gasteiger charge is 2.48. The predicted octanol–water partition coefficient (Wildman–Crippen LogP) is -2.99. The third-order valence-corrected chi connectivity index (χ3v) is 3.36. The lowest BCUT2D eigenvalue weighted by Crippen LogP contribution is -2.48. The van der Waals surface area contributed by atoms with E-state index in [9.17, 15) is 24.7 Å². The molecular weight excluding hydrogens is 295 g/mol. The molecule has 2 heterocycles. The molecule has 11 heteroatoms. The highest BCUT2D eigenvalue weighted by atomic mass is 31.2. The Bertz CT molecular complexity index is 430. The summed E-state index contributed by atoms with van der Waals surface area (Å²) >= 11 is 0. The third kappa shape index (κ3) is 3.18. The van der Waals surface area contributed by atoms with Gasteiger partial charge in [0.2, 0.25) is 5.91 Å². The topological polar surface area (TPSA) is 161 Å². The van der Waals surface area contributed by atoms with Crippen LogP contribution in [0.15, 0.2) is 4.99 Å². The predicted molar refractivity (Wildman–Crippen MR) is 61.3 cm³/mol. The van der Waals surface area contributed by atoms with Crippen molar-refractivity contribution in [2.45, 2.75) is 24.4 Å². The monoisotopic (exact) mass is 307 g/mol. The molecule has 1 saturated heterocycles. The highest BCUT2D eigenvalue weighted by molar-refractivity contribution is 7.37. The van der Waals surface area contributed by atoms with E-state index in [1.54, 1.807) is 0 Å². The van der Waals surface area contributed by atoms with E-state index in [0.29, 0.717) is 0 Å². The summed E-state index contributed by atoms with van der Waals surface area (Å²) in [6, 6.07) is -0.823. The molecule has 0 saturated carbocycles. The Balaban J connectivity index is 2.04. The van der Waals surface area contributed by atoms with E-state index >= 15 is 0 Å². The smallest absolute Gasteiger partial charge is 0.347 e. The van der Waals surface area contributed by atoms with Crippen LogP contribution in [0.1, 0.15) is 0 Å². The van der Waals surface area contributed by atoms with Gasteiger partial charge in [0.05, 0.1) is 15.2 Å². The summed E-state index contributed by atoms with van der Waals surface area (Å²) in [5.74, 6) is -1.76. The van der Waals surface area contributed by atoms with Gasteiger partial charge in [0.1, 0.15) is 30.3 Å². The molecule has 2 aliphatic heterocycles. The largest absolute Gasteiger partial charge is 0.786 e. The van der Waals surface area contributed by atoms with Crippen LogP contribution in [0.4, 0.5) is 4.79 Å². The third-order valence-electron chi connectivity index (χ3n) is 2.99. The molecule has 6 atom stereocenters. The van der Waals surface area contributed by atoms with Gasteiger partial charge in [-0.05, 0) is 0 Å². The molecule has 0 radical (unpaired) electrons. The summed E-state index contributed by atoms with van der Waals surface area (Å²) in [6.45, 7) is -0.426. The molecule has 112 valence electrons. The summed E-state index contributed by atoms with van der Waals surface area (Å²) < 4.78 is 9.66. The summed E-state index contributed by atoms with van der Waals surface area (Å²) in [5.41, 5.74) is 0. The molecule has 0 aromatic carbocycles. The molecule has 4 unspecified atom stereocenters. The number of carbonyl (C=O) groups is 2. The van der Waals surface area contributed by atoms with Crippen molar-refractivity contribution >= 4 is 26.8 Å². The first-order valence-electron chi connectivity index (χ1n) is 5.60. The van der Waals surface area contributed by atoms with E-state index in [1.165, 1.54) is 0 Å². The van der Waals surface area contributed by atoms with Crippen LogP contribution in [0.25, 0.3) is 0 Å². The maximum atomic E-state index is 11.6. The SMILES string of the molecule is O=C1N=CC([C@@H]2O[C@H](COP([O-])O)C(O)C2O)C(=O)N1. The average molecular weight is 307 g/mol. The molecule has 0 aromatic rings. The first-order valence-corrected chi connectivity index (χ1v) is 6.73. The van der Waals surface area contributed by atoms with Crippen LogP contribution in [0.5, 0.6) is 0 Å². The van der Waals surface area contributed by atoms with Gasteiger partial charge in [0.25, 0.3) is 0 Å². The minimum atomic E-state index is -2.87. The highest BCUT2D eigenvalue weighted by Crippen LogP contribution is 2.29. The van der Waals surface area contributed by atoms with Crippen LogP contribution in [0.3, 0.4) is 0 Å². The van der Waals surface area contributed by atoms with Crippen molar-refractivity contribution in [3.05, 3.63) is 0 Å². The summed E-state index contributed by atoms with van der Waals surface area (Å²) in [5, 5.41) is 21.5. The van der Waals surface area contributed by atoms with Gasteiger partial charge in [-0.15, -0.1) is 0 Å². The number of aliphatic hydroxyl groups is 2. The number of aliphatic imine (C=N–C) groups is 1. The zero-order valence-electron chi connectivity index (χ0n) is 9.95. The van der Waals surface area contributed by atoms with Gasteiger partial charge >= 0.3 is 6.03 Å². The number of ether oxygens (including phenoxy) is 1. The minimum Gasteiger partial charge on any atom is -0.786 e. The second-order valence-corrected chi connectivity index (χ2v) is 4.99. The maximum Gasteiger partial charge on any atom is 0.347 e. The normalized spacial score (nSPS) is 38.9. The van der Waals surface area contributed by atoms with E-state index < -0.39 is 57.5 Å². The van der Waals surface area contributed by atoms with Crippen molar-refractivity contribution in [1.82, 2.24) is 5.32 Å². The van der Waals surface area contributed by atoms with Crippen LogP contribution >= 0.6 is 8.60 Å². The molecule has 2 aliphatic rings. The van der Waals surface area contributed by atoms with Gasteiger partial charge in [-0.3, -0.25) is 10.1 Å². The van der Waals surface area contributed by atoms with Crippen LogP contribution in [-0.2, 0) is 14.1 Å². The number of nitrogens with one attached hydrogen (secondary N) is 1. The quantitative estimate of drug-likeness (QED) is 0.400. The Morgan fingerprint density at radius 3 is 2.75 bits per heavy atom. The fourth-order valence-electron chi connectivity index (χ4n) is 2.02. The Morgan fingerprint density at radius 1 is 1.45 bits per heavy atom. The molecule has 2 rings (SSSR count). The van der Waals surface area contributed by atoms with Gasteiger partial charge in [-0.2, -0.15) is 0 Å². The molecular formula is C9H12N2O8P-. The number of urea groups is 1. The summed E-state index contributed by atoms with van der Waals surface area (Å²) in [6.07, 6.45) is -3.99. The number of hydrogen-bond acceptors (Lipinski definition) is 8. The van der Waals surface area contributed by atoms with E-state index in [-0.39, 0.29) is 0 Å². The first-order chi connectivity index (χ1) is 9.40. The fourth-order valence-corrected chi connectivity index (χ4v) is 2.29. The zero-order chi connectivity index (χ0) is 14.9. The van der Waals surface area contributed by atoms with Crippen LogP contribution in [0.2, 0.25) is 0 Å². The van der Waals surface area contributed by atoms with E-state index in [1.807, 2.05) is 5.32 Å². The molecule has 1 fully saturated rings. The summed E-state index contributed by atoms with van der Waals surface area (Å²) in [7, 11) is -2.87. The number of nitrogens with zero attached hydrogens (tertiary/aromatic N) is 1. The van der Waals surface area contributed by atoms with Gasteiger partial charge in [0, 0.05) is 6.21 Å². The van der Waals surface area contributed by atoms with E-state index in [0.717, 1.165) is 6.21 Å². The Kier molecular flexibility index (Phi) is 4.76. The Morgan fingerprint density at radius 2 is 2.15 bits per heavy atom. The zero-order valence-corrected chi connectivity index (χ0v) is 10.8. The fraction of sp³-hybridized carbons (Fsp3) is 0.667. The Hall–Kier alpha value is -1.00. The second-order valence-electron chi connectivity index (χ2n) is 4.25. The number of imide groups is 1. The van der Waals surface area contributed by atoms with Gasteiger partial charge in [-0.1, -0.05) is 0 Å². The number of aliphatic hydroxyl groups excluding tert-OH is 2. The number of carbonyl (C=O) groups excluding carboxylic acids is 2. The molecule has 0 aliphatic carbocycles. The standard InChI is InChI=1S/C9H12N2O8P/c12-5-4(2-18-20(16)17)19-7(6(5)13)3-1-10-9(15)11-8(3)14/h1,3-7,12-13,16H,2H2,(H,11,14,15)/q-1/t3?,4-,5?,6?,7+/m1/s1. The second kappa shape index (κ2) is 6.19. The van der Waals surface area contributed by atoms with E-state index in [2.05, 4.69) is 9.52 Å². The Labute approximate surface area is 114 Å². The molecule has 10 nitrogen and oxygen atoms in total. The van der Waals surface area contributed by atoms with Crippen LogP contribution < -0.4 is 10.2 Å². The molecule has 4 N–H and O–H groups in total. The van der Waals surface area contributed by atoms with Crippen molar-refractivity contribution in [3.63, 3.8) is 0 Å². The molecule has 0 spiro atoms. The average Bonchev–Trinajstić information content (AvgIpc) is 2.64. The van der Waals surface area contributed by atoms with Crippen molar-refractivity contribution in [2.75, 3.05) is 6.61 Å². The minimum absolute atomic E-state index is 0.426. The lowest BCUT2D eigenvalue weighted by atomic mass is 9.95. The first kappa shape index (κ1) is 15.4.